The van der Waals surface area contributed by atoms with Gasteiger partial charge in [0.05, 0.1) is 0 Å². The molecule has 4 rings (SSSR count). The van der Waals surface area contributed by atoms with Crippen LogP contribution in [0.4, 0.5) is 0 Å². The van der Waals surface area contributed by atoms with Crippen LogP contribution in [-0.4, -0.2) is 146 Å². The van der Waals surface area contributed by atoms with E-state index >= 15 is 0 Å². The number of nitro groups is 12. The smallest absolute Gasteiger partial charge is 0.265 e. The van der Waals surface area contributed by atoms with Gasteiger partial charge in [-0.3, -0.25) is 140 Å². The van der Waals surface area contributed by atoms with E-state index in [0.717, 1.165) is 0 Å². The second kappa shape index (κ2) is 13.7. The number of rotatable bonds is 20. The zero-order valence-electron chi connectivity index (χ0n) is 26.9. The molecule has 53 heteroatoms. The molecule has 4 aromatic heterocycles. The molecule has 0 amide bonds. The summed E-state index contributed by atoms with van der Waals surface area (Å²) in [7, 11) is 0. The van der Waals surface area contributed by atoms with Crippen molar-refractivity contribution in [2.24, 2.45) is 0 Å². The Balaban J connectivity index is 2.42. The van der Waals surface area contributed by atoms with Crippen molar-refractivity contribution in [3.8, 4) is 0 Å². The second-order valence-corrected chi connectivity index (χ2v) is 10.1. The van der Waals surface area contributed by atoms with Crippen LogP contribution in [0.5, 0.6) is 0 Å². The van der Waals surface area contributed by atoms with Crippen LogP contribution in [0.2, 0.25) is 0 Å². The van der Waals surface area contributed by atoms with Crippen molar-refractivity contribution in [2.75, 3.05) is 0 Å². The van der Waals surface area contributed by atoms with Crippen molar-refractivity contribution in [3.05, 3.63) is 145 Å². The van der Waals surface area contributed by atoms with Crippen molar-refractivity contribution < 1.29 is 59.1 Å². The molecular formula is C8BN28O24-. The molecule has 0 unspecified atom stereocenters. The molecule has 61 heavy (non-hydrogen) atoms. The van der Waals surface area contributed by atoms with Gasteiger partial charge < -0.3 is 0 Å². The van der Waals surface area contributed by atoms with Gasteiger partial charge in [-0.2, -0.15) is 20.4 Å². The lowest BCUT2D eigenvalue weighted by atomic mass is 9.78. The second-order valence-electron chi connectivity index (χ2n) is 10.1. The molecule has 0 saturated heterocycles. The summed E-state index contributed by atoms with van der Waals surface area (Å²) in [4.78, 5) is 113. The SMILES string of the molecule is O=[N+]([O-])C(c1nnn([B-](n2nnc(C([N+](=O)[O-])([N+](=O)[O-])[N+](=O)[O-])n2)(n2nnc(C([N+](=O)[O-])([N+](=O)[O-])[N+](=O)[O-])n2)n2nnc(C([N+](=O)[O-])([N+](=O)[O-])[N+](=O)[O-])n2)n1)([N+](=O)[O-])[N+](=O)[O-]. The first-order valence-corrected chi connectivity index (χ1v) is 13.3. The molecule has 0 saturated carbocycles. The summed E-state index contributed by atoms with van der Waals surface area (Å²) < 4.78 is -3.64. The maximum atomic E-state index is 11.8. The molecule has 0 N–H and O–H groups in total. The monoisotopic (exact) mass is 883 g/mol. The first kappa shape index (κ1) is 42.9. The molecule has 0 atom stereocenters. The van der Waals surface area contributed by atoms with Crippen molar-refractivity contribution in [1.82, 2.24) is 80.5 Å². The zero-order valence-corrected chi connectivity index (χ0v) is 26.9. The van der Waals surface area contributed by atoms with Gasteiger partial charge in [0.2, 0.25) is 0 Å². The molecule has 0 aromatic carbocycles. The first-order valence-electron chi connectivity index (χ1n) is 13.3. The van der Waals surface area contributed by atoms with Crippen LogP contribution in [0.3, 0.4) is 0 Å². The van der Waals surface area contributed by atoms with Crippen LogP contribution in [0, 0.1) is 121 Å². The Hall–Kier alpha value is -10.9. The highest BCUT2D eigenvalue weighted by molar-refractivity contribution is 6.71. The lowest BCUT2D eigenvalue weighted by molar-refractivity contribution is -0.987. The van der Waals surface area contributed by atoms with Gasteiger partial charge in [-0.15, -0.1) is 0 Å². The fourth-order valence-corrected chi connectivity index (χ4v) is 4.36. The Bertz CT molecular complexity index is 2150. The third-order valence-electron chi connectivity index (χ3n) is 7.21. The van der Waals surface area contributed by atoms with Gasteiger partial charge in [0.15, 0.2) is 59.1 Å². The van der Waals surface area contributed by atoms with E-state index in [4.69, 9.17) is 0 Å². The molecule has 0 bridgehead atoms. The van der Waals surface area contributed by atoms with E-state index in [1.165, 1.54) is 0 Å². The maximum Gasteiger partial charge on any atom is 0.766 e. The predicted octanol–water partition coefficient (Wildman–Crippen LogP) is -8.68. The molecule has 0 aliphatic rings. The van der Waals surface area contributed by atoms with Crippen LogP contribution >= 0.6 is 0 Å². The van der Waals surface area contributed by atoms with Gasteiger partial charge in [0.25, 0.3) is 0 Å². The molecule has 52 nitrogen and oxygen atoms in total. The molecule has 4 aromatic rings. The van der Waals surface area contributed by atoms with Gasteiger partial charge in [-0.05, 0) is 0 Å². The topological polar surface area (TPSA) is 692 Å². The lowest BCUT2D eigenvalue weighted by Gasteiger charge is -2.33. The van der Waals surface area contributed by atoms with E-state index in [9.17, 15) is 121 Å². The van der Waals surface area contributed by atoms with Crippen LogP contribution in [0.25, 0.3) is 0 Å². The summed E-state index contributed by atoms with van der Waals surface area (Å²) in [5.41, 5.74) is 0. The van der Waals surface area contributed by atoms with Crippen molar-refractivity contribution in [2.45, 2.75) is 23.1 Å². The quantitative estimate of drug-likeness (QED) is 0.0344. The van der Waals surface area contributed by atoms with Crippen LogP contribution < -0.4 is 0 Å². The fourth-order valence-electron chi connectivity index (χ4n) is 4.36. The van der Waals surface area contributed by atoms with E-state index in [1.54, 1.807) is 0 Å². The number of hydrogen-bond acceptors (Lipinski definition) is 36. The highest BCUT2D eigenvalue weighted by Gasteiger charge is 2.80. The molecule has 320 valence electrons. The average molecular weight is 883 g/mol. The Kier molecular flexibility index (Phi) is 9.64. The highest BCUT2D eigenvalue weighted by atomic mass is 16.8. The first-order chi connectivity index (χ1) is 28.2. The standard InChI is InChI=1S/C8BN28O24/c38-22(39)5(23(40)41,24(42)43)1-10-18-34(14-1)9(35-15-2(11-19-35)6(25(44)45,26(46)47)27(48)49,36-16-3(12-20-36)7(28(50)51,29(52)53)30(54)55)37-17-4(13-21-37)8(31(56)57,32(58)59)33(60)61/q-1. The van der Waals surface area contributed by atoms with Gasteiger partial charge in [-0.25, -0.2) is 0 Å². The third-order valence-corrected chi connectivity index (χ3v) is 7.21. The van der Waals surface area contributed by atoms with Crippen molar-refractivity contribution in [1.29, 1.82) is 0 Å². The molecule has 0 radical (unpaired) electrons. The van der Waals surface area contributed by atoms with Crippen molar-refractivity contribution in [3.63, 3.8) is 0 Å². The van der Waals surface area contributed by atoms with Crippen LogP contribution in [-0.2, 0) is 23.1 Å². The fraction of sp³-hybridized carbons (Fsp3) is 0.500. The van der Waals surface area contributed by atoms with Gasteiger partial charge >= 0.3 is 53.1 Å². The van der Waals surface area contributed by atoms with Gasteiger partial charge in [0.1, 0.15) is 0 Å². The van der Waals surface area contributed by atoms with Gasteiger partial charge in [0, 0.05) is 0 Å². The summed E-state index contributed by atoms with van der Waals surface area (Å²) in [6, 6.07) is 0. The molecule has 4 heterocycles. The highest BCUT2D eigenvalue weighted by Crippen LogP contribution is 2.29. The Morgan fingerprint density at radius 1 is 0.295 bits per heavy atom. The third kappa shape index (κ3) is 5.18. The number of aromatic nitrogens is 16. The summed E-state index contributed by atoms with van der Waals surface area (Å²) in [5.74, 6) is -30.2. The normalized spacial score (nSPS) is 12.2. The maximum absolute atomic E-state index is 11.8. The summed E-state index contributed by atoms with van der Waals surface area (Å²) in [6.07, 6.45) is 0. The Morgan fingerprint density at radius 3 is 0.541 bits per heavy atom. The summed E-state index contributed by atoms with van der Waals surface area (Å²) in [5, 5.41) is 175. The lowest BCUT2D eigenvalue weighted by Crippen LogP contribution is -2.69. The van der Waals surface area contributed by atoms with E-state index < -0.39 is 131 Å². The molecular weight excluding hydrogens is 883 g/mol. The van der Waals surface area contributed by atoms with E-state index in [2.05, 4.69) is 61.6 Å². The van der Waals surface area contributed by atoms with Crippen LogP contribution in [0.15, 0.2) is 0 Å². The Morgan fingerprint density at radius 2 is 0.426 bits per heavy atom. The van der Waals surface area contributed by atoms with E-state index in [0.29, 0.717) is 0 Å². The number of tetrazole rings is 4. The minimum atomic E-state index is -5.76. The van der Waals surface area contributed by atoms with E-state index in [-0.39, 0.29) is 0 Å². The molecule has 0 fully saturated rings. The predicted molar refractivity (Wildman–Crippen MR) is 149 cm³/mol. The summed E-state index contributed by atoms with van der Waals surface area (Å²) >= 11 is 0. The Labute approximate surface area is 315 Å². The number of hydrogen-bond donors (Lipinski definition) is 0. The molecule has 0 aliphatic heterocycles. The number of nitrogens with zero attached hydrogens (tertiary/aromatic N) is 28. The zero-order chi connectivity index (χ0) is 46.5. The molecule has 0 aliphatic carbocycles. The molecule has 0 spiro atoms. The minimum Gasteiger partial charge on any atom is -0.265 e. The van der Waals surface area contributed by atoms with E-state index in [1.807, 2.05) is 0 Å². The van der Waals surface area contributed by atoms with Crippen LogP contribution in [0.1, 0.15) is 23.3 Å². The van der Waals surface area contributed by atoms with Crippen molar-refractivity contribution >= 4 is 6.69 Å². The van der Waals surface area contributed by atoms with Gasteiger partial charge in [-0.1, -0.05) is 41.2 Å². The largest absolute Gasteiger partial charge is 0.766 e. The summed E-state index contributed by atoms with van der Waals surface area (Å²) in [6.45, 7) is -5.76. The average Bonchev–Trinajstić information content (AvgIpc) is 3.95. The minimum absolute atomic E-state index is 0.909.